The fourth-order valence-electron chi connectivity index (χ4n) is 1.35. The Morgan fingerprint density at radius 2 is 2.26 bits per heavy atom. The summed E-state index contributed by atoms with van der Waals surface area (Å²) in [5.41, 5.74) is 0.262. The van der Waals surface area contributed by atoms with Gasteiger partial charge >= 0.3 is 5.97 Å². The summed E-state index contributed by atoms with van der Waals surface area (Å²) < 4.78 is 10.3. The van der Waals surface area contributed by atoms with Gasteiger partial charge in [-0.15, -0.1) is 0 Å². The van der Waals surface area contributed by atoms with Gasteiger partial charge in [0.25, 0.3) is 0 Å². The van der Waals surface area contributed by atoms with Crippen molar-refractivity contribution >= 4 is 11.9 Å². The van der Waals surface area contributed by atoms with Gasteiger partial charge in [0.05, 0.1) is 12.7 Å². The predicted octanol–water partition coefficient (Wildman–Crippen LogP) is 1.88. The van der Waals surface area contributed by atoms with Gasteiger partial charge in [-0.25, -0.2) is 14.8 Å². The third-order valence-corrected chi connectivity index (χ3v) is 2.20. The number of esters is 1. The van der Waals surface area contributed by atoms with Gasteiger partial charge in [-0.3, -0.25) is 0 Å². The molecule has 6 nitrogen and oxygen atoms in total. The normalized spacial score (nSPS) is 10.5. The third-order valence-electron chi connectivity index (χ3n) is 2.20. The van der Waals surface area contributed by atoms with Crippen molar-refractivity contribution in [2.45, 2.75) is 33.3 Å². The van der Waals surface area contributed by atoms with Crippen molar-refractivity contribution in [2.75, 3.05) is 25.1 Å². The van der Waals surface area contributed by atoms with Gasteiger partial charge in [0, 0.05) is 19.3 Å². The molecule has 0 unspecified atom stereocenters. The van der Waals surface area contributed by atoms with E-state index in [-0.39, 0.29) is 11.8 Å². The molecule has 0 spiro atoms. The molecule has 0 bridgehead atoms. The highest BCUT2D eigenvalue weighted by molar-refractivity contribution is 5.87. The van der Waals surface area contributed by atoms with Crippen molar-refractivity contribution in [3.8, 4) is 0 Å². The first kappa shape index (κ1) is 15.4. The van der Waals surface area contributed by atoms with Crippen LogP contribution in [0.25, 0.3) is 0 Å². The lowest BCUT2D eigenvalue weighted by atomic mass is 10.4. The smallest absolute Gasteiger partial charge is 0.357 e. The van der Waals surface area contributed by atoms with E-state index < -0.39 is 5.97 Å². The average Bonchev–Trinajstić information content (AvgIpc) is 2.38. The standard InChI is InChI=1S/C13H21N3O3/c1-4-18-12(17)11-6-8-15-13(16-11)14-7-5-9-19-10(2)3/h6,8,10H,4-5,7,9H2,1-3H3,(H,14,15,16). The Morgan fingerprint density at radius 3 is 2.95 bits per heavy atom. The summed E-state index contributed by atoms with van der Waals surface area (Å²) in [5.74, 6) is -0.00816. The van der Waals surface area contributed by atoms with Gasteiger partial charge < -0.3 is 14.8 Å². The minimum Gasteiger partial charge on any atom is -0.461 e. The van der Waals surface area contributed by atoms with E-state index in [0.29, 0.717) is 25.7 Å². The van der Waals surface area contributed by atoms with E-state index in [9.17, 15) is 4.79 Å². The predicted molar refractivity (Wildman–Crippen MR) is 72.2 cm³/mol. The topological polar surface area (TPSA) is 73.3 Å². The lowest BCUT2D eigenvalue weighted by molar-refractivity contribution is 0.0519. The number of hydrogen-bond donors (Lipinski definition) is 1. The SMILES string of the molecule is CCOC(=O)c1ccnc(NCCCOC(C)C)n1. The second kappa shape index (κ2) is 8.42. The zero-order valence-corrected chi connectivity index (χ0v) is 11.7. The number of nitrogens with zero attached hydrogens (tertiary/aromatic N) is 2. The van der Waals surface area contributed by atoms with Gasteiger partial charge in [0.1, 0.15) is 0 Å². The summed E-state index contributed by atoms with van der Waals surface area (Å²) in [6.45, 7) is 7.46. The molecule has 0 aliphatic rings. The van der Waals surface area contributed by atoms with Crippen molar-refractivity contribution in [3.05, 3.63) is 18.0 Å². The largest absolute Gasteiger partial charge is 0.461 e. The summed E-state index contributed by atoms with van der Waals surface area (Å²) in [6.07, 6.45) is 2.63. The lowest BCUT2D eigenvalue weighted by Crippen LogP contribution is -2.13. The number of carbonyl (C=O) groups excluding carboxylic acids is 1. The summed E-state index contributed by atoms with van der Waals surface area (Å²) in [4.78, 5) is 19.6. The third kappa shape index (κ3) is 6.15. The van der Waals surface area contributed by atoms with Gasteiger partial charge in [-0.2, -0.15) is 0 Å². The van der Waals surface area contributed by atoms with Crippen molar-refractivity contribution in [3.63, 3.8) is 0 Å². The summed E-state index contributed by atoms with van der Waals surface area (Å²) >= 11 is 0. The lowest BCUT2D eigenvalue weighted by Gasteiger charge is -2.08. The van der Waals surface area contributed by atoms with Crippen LogP contribution < -0.4 is 5.32 Å². The van der Waals surface area contributed by atoms with Crippen LogP contribution in [0.3, 0.4) is 0 Å². The molecule has 0 atom stereocenters. The van der Waals surface area contributed by atoms with Gasteiger partial charge in [0.2, 0.25) is 5.95 Å². The average molecular weight is 267 g/mol. The second-order valence-electron chi connectivity index (χ2n) is 4.19. The maximum atomic E-state index is 11.5. The molecule has 1 N–H and O–H groups in total. The van der Waals surface area contributed by atoms with E-state index in [2.05, 4.69) is 15.3 Å². The first-order valence-corrected chi connectivity index (χ1v) is 6.49. The summed E-state index contributed by atoms with van der Waals surface area (Å²) in [7, 11) is 0. The van der Waals surface area contributed by atoms with E-state index >= 15 is 0 Å². The Hall–Kier alpha value is -1.69. The van der Waals surface area contributed by atoms with Crippen LogP contribution in [-0.4, -0.2) is 41.8 Å². The molecule has 1 aromatic rings. The highest BCUT2D eigenvalue weighted by Gasteiger charge is 2.08. The highest BCUT2D eigenvalue weighted by atomic mass is 16.5. The number of carbonyl (C=O) groups is 1. The number of aromatic nitrogens is 2. The number of hydrogen-bond acceptors (Lipinski definition) is 6. The molecule has 1 heterocycles. The molecule has 0 fully saturated rings. The molecule has 106 valence electrons. The highest BCUT2D eigenvalue weighted by Crippen LogP contribution is 2.02. The Kier molecular flexibility index (Phi) is 6.81. The van der Waals surface area contributed by atoms with Crippen molar-refractivity contribution in [2.24, 2.45) is 0 Å². The van der Waals surface area contributed by atoms with Crippen LogP contribution in [0.1, 0.15) is 37.7 Å². The van der Waals surface area contributed by atoms with Crippen molar-refractivity contribution in [1.82, 2.24) is 9.97 Å². The minimum atomic E-state index is -0.434. The van der Waals surface area contributed by atoms with Crippen LogP contribution in [0.4, 0.5) is 5.95 Å². The molecule has 0 saturated carbocycles. The van der Waals surface area contributed by atoms with Crippen LogP contribution >= 0.6 is 0 Å². The fraction of sp³-hybridized carbons (Fsp3) is 0.615. The molecule has 1 rings (SSSR count). The fourth-order valence-corrected chi connectivity index (χ4v) is 1.35. The minimum absolute atomic E-state index is 0.239. The maximum Gasteiger partial charge on any atom is 0.357 e. The Balaban J connectivity index is 2.38. The Labute approximate surface area is 113 Å². The van der Waals surface area contributed by atoms with Gasteiger partial charge in [0.15, 0.2) is 5.69 Å². The zero-order valence-electron chi connectivity index (χ0n) is 11.7. The number of ether oxygens (including phenoxy) is 2. The van der Waals surface area contributed by atoms with Crippen molar-refractivity contribution < 1.29 is 14.3 Å². The molecule has 0 amide bonds. The monoisotopic (exact) mass is 267 g/mol. The van der Waals surface area contributed by atoms with Crippen LogP contribution in [0, 0.1) is 0 Å². The molecule has 0 aliphatic carbocycles. The van der Waals surface area contributed by atoms with Crippen LogP contribution in [0.2, 0.25) is 0 Å². The molecular weight excluding hydrogens is 246 g/mol. The molecule has 1 aromatic heterocycles. The van der Waals surface area contributed by atoms with E-state index in [1.165, 1.54) is 12.3 Å². The van der Waals surface area contributed by atoms with Crippen molar-refractivity contribution in [1.29, 1.82) is 0 Å². The second-order valence-corrected chi connectivity index (χ2v) is 4.19. The van der Waals surface area contributed by atoms with Crippen LogP contribution in [0.15, 0.2) is 12.3 Å². The molecule has 0 aliphatic heterocycles. The number of anilines is 1. The molecule has 6 heteroatoms. The molecule has 0 saturated heterocycles. The summed E-state index contributed by atoms with van der Waals surface area (Å²) in [5, 5.41) is 3.05. The quantitative estimate of drug-likeness (QED) is 0.572. The maximum absolute atomic E-state index is 11.5. The Morgan fingerprint density at radius 1 is 1.47 bits per heavy atom. The molecule has 0 aromatic carbocycles. The van der Waals surface area contributed by atoms with E-state index in [0.717, 1.165) is 6.42 Å². The van der Waals surface area contributed by atoms with E-state index in [1.807, 2.05) is 13.8 Å². The van der Waals surface area contributed by atoms with E-state index in [1.54, 1.807) is 6.92 Å². The summed E-state index contributed by atoms with van der Waals surface area (Å²) in [6, 6.07) is 1.53. The van der Waals surface area contributed by atoms with Crippen LogP contribution in [0.5, 0.6) is 0 Å². The van der Waals surface area contributed by atoms with Gasteiger partial charge in [-0.1, -0.05) is 0 Å². The first-order chi connectivity index (χ1) is 9.13. The number of rotatable bonds is 8. The first-order valence-electron chi connectivity index (χ1n) is 6.49. The van der Waals surface area contributed by atoms with Gasteiger partial charge in [-0.05, 0) is 33.3 Å². The molecule has 0 radical (unpaired) electrons. The zero-order chi connectivity index (χ0) is 14.1. The number of nitrogens with one attached hydrogen (secondary N) is 1. The van der Waals surface area contributed by atoms with Crippen LogP contribution in [-0.2, 0) is 9.47 Å². The Bertz CT molecular complexity index is 396. The molecule has 19 heavy (non-hydrogen) atoms. The molecular formula is C13H21N3O3. The van der Waals surface area contributed by atoms with E-state index in [4.69, 9.17) is 9.47 Å².